The van der Waals surface area contributed by atoms with Crippen molar-refractivity contribution in [2.75, 3.05) is 13.2 Å². The number of aromatic nitrogens is 2. The van der Waals surface area contributed by atoms with Gasteiger partial charge in [0.2, 0.25) is 0 Å². The Balaban J connectivity index is 2.02. The van der Waals surface area contributed by atoms with E-state index in [0.717, 1.165) is 6.07 Å². The summed E-state index contributed by atoms with van der Waals surface area (Å²) in [6.07, 6.45) is 2.08. The van der Waals surface area contributed by atoms with Gasteiger partial charge in [-0.1, -0.05) is 22.0 Å². The van der Waals surface area contributed by atoms with E-state index in [1.807, 2.05) is 0 Å². The second-order valence-corrected chi connectivity index (χ2v) is 7.12. The van der Waals surface area contributed by atoms with Gasteiger partial charge in [0.25, 0.3) is 0 Å². The van der Waals surface area contributed by atoms with Gasteiger partial charge in [-0.2, -0.15) is 0 Å². The monoisotopic (exact) mass is 438 g/mol. The highest BCUT2D eigenvalue weighted by molar-refractivity contribution is 9.10. The number of hydrogen-bond donors (Lipinski definition) is 1. The van der Waals surface area contributed by atoms with Gasteiger partial charge in [0, 0.05) is 22.2 Å². The van der Waals surface area contributed by atoms with E-state index in [2.05, 4.69) is 20.9 Å². The minimum Gasteiger partial charge on any atom is -0.391 e. The number of hydrogen-bond acceptors (Lipinski definition) is 4. The number of rotatable bonds is 7. The van der Waals surface area contributed by atoms with Crippen LogP contribution in [0.2, 0.25) is 0 Å². The molecule has 0 amide bonds. The highest BCUT2D eigenvalue weighted by Gasteiger charge is 2.20. The Kier molecular flexibility index (Phi) is 5.98. The van der Waals surface area contributed by atoms with Crippen molar-refractivity contribution in [3.63, 3.8) is 0 Å². The average molecular weight is 439 g/mol. The number of pyridine rings is 1. The first kappa shape index (κ1) is 19.6. The molecular formula is C19H17BrF2N2O3. The number of imidazole rings is 1. The first-order valence-corrected chi connectivity index (χ1v) is 9.02. The Morgan fingerprint density at radius 3 is 2.81 bits per heavy atom. The van der Waals surface area contributed by atoms with Crippen molar-refractivity contribution >= 4 is 27.2 Å². The summed E-state index contributed by atoms with van der Waals surface area (Å²) in [4.78, 5) is 16.5. The Morgan fingerprint density at radius 2 is 2.11 bits per heavy atom. The fourth-order valence-electron chi connectivity index (χ4n) is 2.77. The molecule has 142 valence electrons. The van der Waals surface area contributed by atoms with Crippen molar-refractivity contribution in [2.24, 2.45) is 0 Å². The molecule has 5 nitrogen and oxygen atoms in total. The van der Waals surface area contributed by atoms with Crippen LogP contribution in [0.1, 0.15) is 28.5 Å². The SMILES string of the molecule is C[C@H](O)COCC(=O)c1cc(F)c2cncn2c1Cc1ccc(Br)cc1F. The predicted molar refractivity (Wildman–Crippen MR) is 98.9 cm³/mol. The molecule has 0 spiro atoms. The Bertz CT molecular complexity index is 988. The van der Waals surface area contributed by atoms with Gasteiger partial charge < -0.3 is 9.84 Å². The van der Waals surface area contributed by atoms with Crippen LogP contribution in [0.4, 0.5) is 8.78 Å². The number of carbonyl (C=O) groups excluding carboxylic acids is 1. The maximum Gasteiger partial charge on any atom is 0.190 e. The molecule has 0 aliphatic rings. The van der Waals surface area contributed by atoms with Crippen molar-refractivity contribution in [1.29, 1.82) is 0 Å². The van der Waals surface area contributed by atoms with E-state index in [-0.39, 0.29) is 30.7 Å². The third-order valence-corrected chi connectivity index (χ3v) is 4.51. The average Bonchev–Trinajstić information content (AvgIpc) is 3.09. The molecule has 0 aliphatic heterocycles. The Morgan fingerprint density at radius 1 is 1.33 bits per heavy atom. The molecule has 0 saturated carbocycles. The van der Waals surface area contributed by atoms with Crippen LogP contribution in [0.5, 0.6) is 0 Å². The molecule has 3 rings (SSSR count). The van der Waals surface area contributed by atoms with Crippen LogP contribution >= 0.6 is 15.9 Å². The number of ketones is 1. The number of fused-ring (bicyclic) bond motifs is 1. The zero-order chi connectivity index (χ0) is 19.6. The molecule has 8 heteroatoms. The lowest BCUT2D eigenvalue weighted by Crippen LogP contribution is -2.19. The smallest absolute Gasteiger partial charge is 0.190 e. The van der Waals surface area contributed by atoms with E-state index in [4.69, 9.17) is 4.74 Å². The lowest BCUT2D eigenvalue weighted by Gasteiger charge is -2.14. The quantitative estimate of drug-likeness (QED) is 0.573. The minimum atomic E-state index is -0.720. The Labute approximate surface area is 162 Å². The summed E-state index contributed by atoms with van der Waals surface area (Å²) in [6.45, 7) is 1.20. The van der Waals surface area contributed by atoms with Crippen molar-refractivity contribution in [3.8, 4) is 0 Å². The fourth-order valence-corrected chi connectivity index (χ4v) is 3.10. The fraction of sp³-hybridized carbons (Fsp3) is 0.263. The van der Waals surface area contributed by atoms with Gasteiger partial charge in [0.05, 0.1) is 25.2 Å². The molecule has 0 saturated heterocycles. The van der Waals surface area contributed by atoms with E-state index in [1.165, 1.54) is 29.9 Å². The highest BCUT2D eigenvalue weighted by Crippen LogP contribution is 2.23. The van der Waals surface area contributed by atoms with Crippen LogP contribution in [0.15, 0.2) is 41.3 Å². The molecule has 0 bridgehead atoms. The summed E-state index contributed by atoms with van der Waals surface area (Å²) < 4.78 is 35.9. The van der Waals surface area contributed by atoms with Crippen LogP contribution < -0.4 is 0 Å². The molecule has 1 atom stereocenters. The predicted octanol–water partition coefficient (Wildman–Crippen LogP) is 3.55. The normalized spacial score (nSPS) is 12.5. The molecule has 2 heterocycles. The molecule has 1 aromatic carbocycles. The first-order chi connectivity index (χ1) is 12.9. The minimum absolute atomic E-state index is 0.0157. The Hall–Kier alpha value is -2.16. The molecule has 0 radical (unpaired) electrons. The number of carbonyl (C=O) groups is 1. The number of ether oxygens (including phenoxy) is 1. The van der Waals surface area contributed by atoms with Crippen LogP contribution in [0.25, 0.3) is 5.52 Å². The van der Waals surface area contributed by atoms with Crippen molar-refractivity contribution in [1.82, 2.24) is 9.38 Å². The summed E-state index contributed by atoms with van der Waals surface area (Å²) >= 11 is 3.21. The standard InChI is InChI=1S/C19H17BrF2N2O3/c1-11(25)8-27-9-19(26)14-6-16(22)18-7-23-10-24(18)17(14)4-12-2-3-13(20)5-15(12)21/h2-3,5-7,10-11,25H,4,8-9H2,1H3/t11-/m0/s1. The maximum absolute atomic E-state index is 14.4. The van der Waals surface area contributed by atoms with E-state index >= 15 is 0 Å². The van der Waals surface area contributed by atoms with E-state index in [1.54, 1.807) is 12.1 Å². The number of halogens is 3. The maximum atomic E-state index is 14.4. The van der Waals surface area contributed by atoms with Gasteiger partial charge in [0.15, 0.2) is 5.78 Å². The highest BCUT2D eigenvalue weighted by atomic mass is 79.9. The number of aliphatic hydroxyl groups is 1. The summed E-state index contributed by atoms with van der Waals surface area (Å²) in [7, 11) is 0. The zero-order valence-electron chi connectivity index (χ0n) is 14.5. The van der Waals surface area contributed by atoms with E-state index in [0.29, 0.717) is 15.7 Å². The molecule has 1 N–H and O–H groups in total. The topological polar surface area (TPSA) is 63.8 Å². The van der Waals surface area contributed by atoms with Crippen molar-refractivity contribution < 1.29 is 23.4 Å². The number of Topliss-reactive ketones (excluding diaryl/α,β-unsaturated/α-hetero) is 1. The molecule has 0 aliphatic carbocycles. The van der Waals surface area contributed by atoms with Gasteiger partial charge in [0.1, 0.15) is 23.8 Å². The summed E-state index contributed by atoms with van der Waals surface area (Å²) in [5, 5.41) is 9.24. The molecule has 0 unspecified atom stereocenters. The van der Waals surface area contributed by atoms with Crippen LogP contribution in [-0.4, -0.2) is 39.6 Å². The van der Waals surface area contributed by atoms with Crippen LogP contribution in [0, 0.1) is 11.6 Å². The van der Waals surface area contributed by atoms with Crippen molar-refractivity contribution in [3.05, 3.63) is 69.7 Å². The van der Waals surface area contributed by atoms with Gasteiger partial charge in [-0.25, -0.2) is 13.8 Å². The molecule has 27 heavy (non-hydrogen) atoms. The summed E-state index contributed by atoms with van der Waals surface area (Å²) in [5.41, 5.74) is 1.06. The van der Waals surface area contributed by atoms with Crippen molar-refractivity contribution in [2.45, 2.75) is 19.4 Å². The van der Waals surface area contributed by atoms with E-state index < -0.39 is 23.5 Å². The first-order valence-electron chi connectivity index (χ1n) is 8.23. The molecule has 0 fully saturated rings. The third-order valence-electron chi connectivity index (χ3n) is 4.02. The summed E-state index contributed by atoms with van der Waals surface area (Å²) in [6, 6.07) is 5.75. The lowest BCUT2D eigenvalue weighted by molar-refractivity contribution is 0.0424. The third kappa shape index (κ3) is 4.40. The van der Waals surface area contributed by atoms with Crippen LogP contribution in [0.3, 0.4) is 0 Å². The number of aliphatic hydroxyl groups excluding tert-OH is 1. The number of benzene rings is 1. The van der Waals surface area contributed by atoms with Gasteiger partial charge in [-0.3, -0.25) is 9.20 Å². The van der Waals surface area contributed by atoms with Gasteiger partial charge >= 0.3 is 0 Å². The molecular weight excluding hydrogens is 422 g/mol. The number of nitrogens with zero attached hydrogens (tertiary/aromatic N) is 2. The second-order valence-electron chi connectivity index (χ2n) is 6.20. The van der Waals surface area contributed by atoms with Gasteiger partial charge in [-0.15, -0.1) is 0 Å². The second kappa shape index (κ2) is 8.24. The molecule has 2 aromatic heterocycles. The summed E-state index contributed by atoms with van der Waals surface area (Å²) in [5.74, 6) is -1.50. The van der Waals surface area contributed by atoms with Crippen LogP contribution in [-0.2, 0) is 11.2 Å². The largest absolute Gasteiger partial charge is 0.391 e. The van der Waals surface area contributed by atoms with E-state index in [9.17, 15) is 18.7 Å². The zero-order valence-corrected chi connectivity index (χ0v) is 16.0. The molecule has 3 aromatic rings. The lowest BCUT2D eigenvalue weighted by atomic mass is 10.0. The van der Waals surface area contributed by atoms with Gasteiger partial charge in [-0.05, 0) is 30.7 Å².